The number of nitrogen functional groups attached to an aromatic ring is 1. The molecule has 6 heteroatoms. The summed E-state index contributed by atoms with van der Waals surface area (Å²) in [5.41, 5.74) is 8.10. The van der Waals surface area contributed by atoms with Gasteiger partial charge in [-0.2, -0.15) is 0 Å². The molecular formula is C13H8ClFIN3. The molecule has 2 N–H and O–H groups in total. The Bertz CT molecular complexity index is 785. The van der Waals surface area contributed by atoms with E-state index in [4.69, 9.17) is 17.3 Å². The minimum absolute atomic E-state index is 0.320. The number of aromatic nitrogens is 2. The molecule has 19 heavy (non-hydrogen) atoms. The van der Waals surface area contributed by atoms with Crippen molar-refractivity contribution in [1.82, 2.24) is 9.55 Å². The number of fused-ring (bicyclic) bond motifs is 1. The van der Waals surface area contributed by atoms with Crippen LogP contribution in [0.3, 0.4) is 0 Å². The molecule has 1 aromatic heterocycles. The third kappa shape index (κ3) is 2.17. The summed E-state index contributed by atoms with van der Waals surface area (Å²) >= 11 is 8.13. The van der Waals surface area contributed by atoms with Crippen LogP contribution in [0, 0.1) is 9.39 Å². The number of imidazole rings is 1. The molecule has 2 aromatic carbocycles. The summed E-state index contributed by atoms with van der Waals surface area (Å²) in [4.78, 5) is 4.18. The van der Waals surface area contributed by atoms with Crippen molar-refractivity contribution in [2.75, 3.05) is 5.73 Å². The van der Waals surface area contributed by atoms with Crippen LogP contribution in [-0.2, 0) is 0 Å². The smallest absolute Gasteiger partial charge is 0.205 e. The van der Waals surface area contributed by atoms with Gasteiger partial charge in [-0.05, 0) is 52.9 Å². The quantitative estimate of drug-likeness (QED) is 0.641. The van der Waals surface area contributed by atoms with Crippen molar-refractivity contribution in [3.63, 3.8) is 0 Å². The molecule has 0 fully saturated rings. The van der Waals surface area contributed by atoms with Crippen LogP contribution >= 0.6 is 34.2 Å². The van der Waals surface area contributed by atoms with Crippen LogP contribution in [0.4, 0.5) is 10.3 Å². The lowest BCUT2D eigenvalue weighted by molar-refractivity contribution is 0.629. The van der Waals surface area contributed by atoms with Gasteiger partial charge >= 0.3 is 0 Å². The number of benzene rings is 2. The van der Waals surface area contributed by atoms with Crippen LogP contribution < -0.4 is 5.73 Å². The number of hydrogen-bond acceptors (Lipinski definition) is 2. The summed E-state index contributed by atoms with van der Waals surface area (Å²) in [6.07, 6.45) is 0. The van der Waals surface area contributed by atoms with E-state index < -0.39 is 0 Å². The first-order chi connectivity index (χ1) is 9.06. The minimum Gasteiger partial charge on any atom is -0.369 e. The summed E-state index contributed by atoms with van der Waals surface area (Å²) in [6.45, 7) is 0. The highest BCUT2D eigenvalue weighted by atomic mass is 127. The third-order valence-electron chi connectivity index (χ3n) is 2.79. The second-order valence-electron chi connectivity index (χ2n) is 4.03. The zero-order valence-corrected chi connectivity index (χ0v) is 12.5. The van der Waals surface area contributed by atoms with Crippen LogP contribution in [-0.4, -0.2) is 9.55 Å². The van der Waals surface area contributed by atoms with E-state index in [9.17, 15) is 4.39 Å². The Labute approximate surface area is 127 Å². The van der Waals surface area contributed by atoms with Crippen LogP contribution in [0.1, 0.15) is 0 Å². The maximum atomic E-state index is 13.2. The van der Waals surface area contributed by atoms with Crippen molar-refractivity contribution < 1.29 is 4.39 Å². The molecule has 0 bridgehead atoms. The Morgan fingerprint density at radius 2 is 2.00 bits per heavy atom. The molecule has 0 aliphatic carbocycles. The summed E-state index contributed by atoms with van der Waals surface area (Å²) in [6, 6.07) is 9.91. The van der Waals surface area contributed by atoms with Gasteiger partial charge in [0, 0.05) is 14.7 Å². The second kappa shape index (κ2) is 4.64. The summed E-state index contributed by atoms with van der Waals surface area (Å²) in [5.74, 6) is -0.0104. The van der Waals surface area contributed by atoms with Gasteiger partial charge in [0.1, 0.15) is 5.82 Å². The highest BCUT2D eigenvalue weighted by Gasteiger charge is 2.13. The van der Waals surface area contributed by atoms with E-state index in [2.05, 4.69) is 27.6 Å². The van der Waals surface area contributed by atoms with Gasteiger partial charge in [-0.3, -0.25) is 4.57 Å². The van der Waals surface area contributed by atoms with Crippen LogP contribution in [0.2, 0.25) is 5.02 Å². The molecule has 3 rings (SSSR count). The van der Waals surface area contributed by atoms with Gasteiger partial charge in [-0.15, -0.1) is 0 Å². The van der Waals surface area contributed by atoms with Crippen molar-refractivity contribution in [3.8, 4) is 5.69 Å². The molecule has 3 nitrogen and oxygen atoms in total. The number of rotatable bonds is 1. The third-order valence-corrected chi connectivity index (χ3v) is 3.89. The molecule has 0 amide bonds. The number of nitrogens with two attached hydrogens (primary N) is 1. The molecule has 0 saturated carbocycles. The number of anilines is 1. The minimum atomic E-state index is -0.331. The Hall–Kier alpha value is -1.34. The SMILES string of the molecule is Nc1nc2cc(F)ccc2n1-c1ccc(Cl)cc1I. The maximum Gasteiger partial charge on any atom is 0.205 e. The van der Waals surface area contributed by atoms with Crippen molar-refractivity contribution in [3.05, 3.63) is 50.8 Å². The second-order valence-corrected chi connectivity index (χ2v) is 5.63. The van der Waals surface area contributed by atoms with Gasteiger partial charge in [0.15, 0.2) is 0 Å². The standard InChI is InChI=1S/C13H8ClFIN3/c14-7-1-3-11(9(16)5-7)19-12-4-2-8(15)6-10(12)18-13(19)17/h1-6H,(H2,17,18). The van der Waals surface area contributed by atoms with Crippen molar-refractivity contribution in [2.45, 2.75) is 0 Å². The first-order valence-corrected chi connectivity index (χ1v) is 6.91. The van der Waals surface area contributed by atoms with Gasteiger partial charge in [-0.25, -0.2) is 9.37 Å². The van der Waals surface area contributed by atoms with Crippen molar-refractivity contribution in [1.29, 1.82) is 0 Å². The zero-order valence-electron chi connectivity index (χ0n) is 9.57. The van der Waals surface area contributed by atoms with E-state index in [1.165, 1.54) is 12.1 Å². The van der Waals surface area contributed by atoms with Gasteiger partial charge in [-0.1, -0.05) is 11.6 Å². The fourth-order valence-electron chi connectivity index (χ4n) is 1.99. The molecule has 0 aliphatic rings. The monoisotopic (exact) mass is 387 g/mol. The molecule has 0 atom stereocenters. The first kappa shape index (κ1) is 12.7. The Balaban J connectivity index is 2.33. The molecule has 1 heterocycles. The number of nitrogens with zero attached hydrogens (tertiary/aromatic N) is 2. The molecule has 3 aromatic rings. The fraction of sp³-hybridized carbons (Fsp3) is 0. The highest BCUT2D eigenvalue weighted by Crippen LogP contribution is 2.28. The van der Waals surface area contributed by atoms with E-state index in [1.54, 1.807) is 16.7 Å². The molecule has 0 saturated heterocycles. The van der Waals surface area contributed by atoms with E-state index in [0.717, 1.165) is 14.8 Å². The van der Waals surface area contributed by atoms with Gasteiger partial charge in [0.05, 0.1) is 16.7 Å². The fourth-order valence-corrected chi connectivity index (χ4v) is 3.10. The van der Waals surface area contributed by atoms with E-state index >= 15 is 0 Å². The first-order valence-electron chi connectivity index (χ1n) is 5.45. The predicted octanol–water partition coefficient (Wildman–Crippen LogP) is 4.00. The Morgan fingerprint density at radius 1 is 1.21 bits per heavy atom. The van der Waals surface area contributed by atoms with E-state index in [1.807, 2.05) is 12.1 Å². The molecule has 0 spiro atoms. The molecule has 0 unspecified atom stereocenters. The Morgan fingerprint density at radius 3 is 2.74 bits per heavy atom. The Kier molecular flexibility index (Phi) is 3.10. The van der Waals surface area contributed by atoms with Crippen LogP contribution in [0.5, 0.6) is 0 Å². The average molecular weight is 388 g/mol. The lowest BCUT2D eigenvalue weighted by Gasteiger charge is -2.09. The normalized spacial score (nSPS) is 11.1. The van der Waals surface area contributed by atoms with Crippen LogP contribution in [0.25, 0.3) is 16.7 Å². The zero-order chi connectivity index (χ0) is 13.6. The van der Waals surface area contributed by atoms with Crippen molar-refractivity contribution in [2.24, 2.45) is 0 Å². The molecular weight excluding hydrogens is 380 g/mol. The number of hydrogen-bond donors (Lipinski definition) is 1. The molecule has 96 valence electrons. The van der Waals surface area contributed by atoms with Crippen molar-refractivity contribution >= 4 is 51.2 Å². The maximum absolute atomic E-state index is 13.2. The van der Waals surface area contributed by atoms with Crippen LogP contribution in [0.15, 0.2) is 36.4 Å². The molecule has 0 aliphatic heterocycles. The average Bonchev–Trinajstić information content (AvgIpc) is 2.65. The number of halogens is 3. The van der Waals surface area contributed by atoms with E-state index in [-0.39, 0.29) is 5.82 Å². The summed E-state index contributed by atoms with van der Waals surface area (Å²) < 4.78 is 15.9. The summed E-state index contributed by atoms with van der Waals surface area (Å²) in [7, 11) is 0. The predicted molar refractivity (Wildman–Crippen MR) is 83.2 cm³/mol. The summed E-state index contributed by atoms with van der Waals surface area (Å²) in [5, 5.41) is 0.655. The lowest BCUT2D eigenvalue weighted by Crippen LogP contribution is -2.02. The van der Waals surface area contributed by atoms with E-state index in [0.29, 0.717) is 16.5 Å². The van der Waals surface area contributed by atoms with Gasteiger partial charge in [0.25, 0.3) is 0 Å². The molecule has 0 radical (unpaired) electrons. The van der Waals surface area contributed by atoms with Gasteiger partial charge < -0.3 is 5.73 Å². The topological polar surface area (TPSA) is 43.8 Å². The lowest BCUT2D eigenvalue weighted by atomic mass is 10.2. The largest absolute Gasteiger partial charge is 0.369 e. The highest BCUT2D eigenvalue weighted by molar-refractivity contribution is 14.1. The van der Waals surface area contributed by atoms with Gasteiger partial charge in [0.2, 0.25) is 5.95 Å².